The van der Waals surface area contributed by atoms with Crippen LogP contribution in [0.15, 0.2) is 12.2 Å². The molecular formula is C68H131NO10. The SMILES string of the molecule is CCCCCCCCCCCCCC/C=C/C(O)C(COC1OC(CO)C(O)C(O)C1O)NC(=O)CCCCCCCCCCCCCCCCCCCCCCCCCCCCOC(=O)CCCCCCCCCCCCC. The maximum atomic E-state index is 13.1. The number of carbonyl (C=O) groups excluding carboxylic acids is 2. The van der Waals surface area contributed by atoms with E-state index in [-0.39, 0.29) is 18.5 Å². The second-order valence-corrected chi connectivity index (χ2v) is 24.2. The largest absolute Gasteiger partial charge is 0.466 e. The van der Waals surface area contributed by atoms with Gasteiger partial charge in [0.1, 0.15) is 24.4 Å². The van der Waals surface area contributed by atoms with Crippen LogP contribution < -0.4 is 5.32 Å². The topological polar surface area (TPSA) is 175 Å². The second-order valence-electron chi connectivity index (χ2n) is 24.2. The predicted octanol–water partition coefficient (Wildman–Crippen LogP) is 17.1. The fourth-order valence-corrected chi connectivity index (χ4v) is 11.2. The van der Waals surface area contributed by atoms with E-state index in [1.165, 1.54) is 263 Å². The van der Waals surface area contributed by atoms with E-state index in [0.717, 1.165) is 57.8 Å². The van der Waals surface area contributed by atoms with E-state index in [2.05, 4.69) is 19.2 Å². The summed E-state index contributed by atoms with van der Waals surface area (Å²) in [4.78, 5) is 25.1. The molecule has 0 aromatic rings. The Bertz CT molecular complexity index is 1320. The van der Waals surface area contributed by atoms with Gasteiger partial charge < -0.3 is 45.1 Å². The summed E-state index contributed by atoms with van der Waals surface area (Å²) in [7, 11) is 0. The maximum Gasteiger partial charge on any atom is 0.305 e. The average molecular weight is 1120 g/mol. The van der Waals surface area contributed by atoms with Gasteiger partial charge in [0.05, 0.1) is 32.0 Å². The van der Waals surface area contributed by atoms with Crippen molar-refractivity contribution in [3.8, 4) is 0 Å². The van der Waals surface area contributed by atoms with Crippen molar-refractivity contribution in [2.45, 2.75) is 391 Å². The summed E-state index contributed by atoms with van der Waals surface area (Å²) in [5.41, 5.74) is 0. The first kappa shape index (κ1) is 75.4. The van der Waals surface area contributed by atoms with Crippen LogP contribution in [0.4, 0.5) is 0 Å². The molecule has 0 aliphatic carbocycles. The summed E-state index contributed by atoms with van der Waals surface area (Å²) in [6.07, 6.45) is 60.4. The van der Waals surface area contributed by atoms with Gasteiger partial charge in [-0.05, 0) is 32.1 Å². The molecular weight excluding hydrogens is 991 g/mol. The van der Waals surface area contributed by atoms with Gasteiger partial charge in [-0.25, -0.2) is 0 Å². The van der Waals surface area contributed by atoms with E-state index in [0.29, 0.717) is 19.4 Å². The molecule has 0 saturated carbocycles. The number of hydrogen-bond donors (Lipinski definition) is 6. The Morgan fingerprint density at radius 2 is 0.797 bits per heavy atom. The zero-order chi connectivity index (χ0) is 57.3. The van der Waals surface area contributed by atoms with E-state index in [4.69, 9.17) is 14.2 Å². The van der Waals surface area contributed by atoms with E-state index in [1.807, 2.05) is 6.08 Å². The van der Waals surface area contributed by atoms with E-state index >= 15 is 0 Å². The van der Waals surface area contributed by atoms with Gasteiger partial charge in [0.2, 0.25) is 5.91 Å². The summed E-state index contributed by atoms with van der Waals surface area (Å²) in [6.45, 7) is 4.38. The molecule has 1 aliphatic rings. The number of rotatable bonds is 61. The highest BCUT2D eigenvalue weighted by Gasteiger charge is 2.44. The molecule has 1 amide bonds. The first-order valence-corrected chi connectivity index (χ1v) is 34.5. The quantitative estimate of drug-likeness (QED) is 0.0195. The molecule has 1 fully saturated rings. The number of esters is 1. The molecule has 0 bridgehead atoms. The lowest BCUT2D eigenvalue weighted by Gasteiger charge is -2.40. The lowest BCUT2D eigenvalue weighted by Crippen LogP contribution is -2.60. The van der Waals surface area contributed by atoms with Crippen LogP contribution in [-0.2, 0) is 23.8 Å². The number of ether oxygens (including phenoxy) is 3. The normalized spacial score (nSPS) is 18.4. The molecule has 1 rings (SSSR count). The highest BCUT2D eigenvalue weighted by molar-refractivity contribution is 5.76. The van der Waals surface area contributed by atoms with Crippen LogP contribution >= 0.6 is 0 Å². The van der Waals surface area contributed by atoms with Crippen LogP contribution in [0.25, 0.3) is 0 Å². The Morgan fingerprint density at radius 3 is 1.18 bits per heavy atom. The van der Waals surface area contributed by atoms with Crippen molar-refractivity contribution in [2.24, 2.45) is 0 Å². The van der Waals surface area contributed by atoms with Crippen molar-refractivity contribution in [3.63, 3.8) is 0 Å². The highest BCUT2D eigenvalue weighted by atomic mass is 16.7. The Balaban J connectivity index is 2.00. The minimum atomic E-state index is -1.57. The molecule has 6 N–H and O–H groups in total. The molecule has 11 nitrogen and oxygen atoms in total. The van der Waals surface area contributed by atoms with Gasteiger partial charge in [-0.15, -0.1) is 0 Å². The van der Waals surface area contributed by atoms with Crippen molar-refractivity contribution in [2.75, 3.05) is 19.8 Å². The van der Waals surface area contributed by atoms with Gasteiger partial charge >= 0.3 is 5.97 Å². The zero-order valence-electron chi connectivity index (χ0n) is 51.9. The number of hydrogen-bond acceptors (Lipinski definition) is 10. The minimum absolute atomic E-state index is 0.00771. The van der Waals surface area contributed by atoms with Crippen LogP contribution in [0.5, 0.6) is 0 Å². The molecule has 0 aromatic carbocycles. The zero-order valence-corrected chi connectivity index (χ0v) is 51.9. The summed E-state index contributed by atoms with van der Waals surface area (Å²) >= 11 is 0. The van der Waals surface area contributed by atoms with Crippen molar-refractivity contribution < 1.29 is 49.3 Å². The Kier molecular flexibility index (Phi) is 55.5. The Hall–Kier alpha value is -1.60. The van der Waals surface area contributed by atoms with E-state index in [9.17, 15) is 35.1 Å². The number of aliphatic hydroxyl groups excluding tert-OH is 5. The van der Waals surface area contributed by atoms with Gasteiger partial charge in [0, 0.05) is 12.8 Å². The summed E-state index contributed by atoms with van der Waals surface area (Å²) in [6, 6.07) is -0.807. The molecule has 0 aromatic heterocycles. The maximum absolute atomic E-state index is 13.1. The van der Waals surface area contributed by atoms with Gasteiger partial charge in [0.25, 0.3) is 0 Å². The van der Waals surface area contributed by atoms with Crippen molar-refractivity contribution in [3.05, 3.63) is 12.2 Å². The molecule has 11 heteroatoms. The summed E-state index contributed by atoms with van der Waals surface area (Å²) < 4.78 is 16.7. The van der Waals surface area contributed by atoms with Crippen LogP contribution in [0.2, 0.25) is 0 Å². The minimum Gasteiger partial charge on any atom is -0.466 e. The fraction of sp³-hybridized carbons (Fsp3) is 0.941. The molecule has 7 atom stereocenters. The van der Waals surface area contributed by atoms with E-state index < -0.39 is 49.5 Å². The van der Waals surface area contributed by atoms with Crippen LogP contribution in [0, 0.1) is 0 Å². The van der Waals surface area contributed by atoms with Crippen molar-refractivity contribution in [1.29, 1.82) is 0 Å². The number of carbonyl (C=O) groups is 2. The average Bonchev–Trinajstić information content (AvgIpc) is 3.50. The first-order chi connectivity index (χ1) is 38.7. The van der Waals surface area contributed by atoms with Gasteiger partial charge in [-0.3, -0.25) is 9.59 Å². The highest BCUT2D eigenvalue weighted by Crippen LogP contribution is 2.23. The molecule has 0 spiro atoms. The van der Waals surface area contributed by atoms with Crippen LogP contribution in [-0.4, -0.2) is 100 Å². The monoisotopic (exact) mass is 1120 g/mol. The number of allylic oxidation sites excluding steroid dienone is 1. The molecule has 79 heavy (non-hydrogen) atoms. The molecule has 7 unspecified atom stereocenters. The molecule has 0 radical (unpaired) electrons. The van der Waals surface area contributed by atoms with Crippen molar-refractivity contribution in [1.82, 2.24) is 5.32 Å². The summed E-state index contributed by atoms with van der Waals surface area (Å²) in [5, 5.41) is 54.5. The standard InChI is InChI=1S/C68H131NO10/c1-3-5-7-9-11-13-15-16-31-35-38-42-46-50-54-61(71)60(59-78-68-67(76)66(75)65(74)62(58-70)79-68)69-63(72)55-51-47-43-39-36-32-29-27-25-23-21-19-17-18-20-22-24-26-28-30-33-37-41-45-49-53-57-77-64(73)56-52-48-44-40-34-14-12-10-8-6-4-2/h50,54,60-62,65-68,70-71,74-76H,3-49,51-53,55-59H2,1-2H3,(H,69,72)/b54-50+. The molecule has 1 saturated heterocycles. The van der Waals surface area contributed by atoms with Gasteiger partial charge in [0.15, 0.2) is 6.29 Å². The number of amides is 1. The molecule has 468 valence electrons. The van der Waals surface area contributed by atoms with Gasteiger partial charge in [-0.2, -0.15) is 0 Å². The lowest BCUT2D eigenvalue weighted by molar-refractivity contribution is -0.302. The summed E-state index contributed by atoms with van der Waals surface area (Å²) in [5.74, 6) is -0.169. The smallest absolute Gasteiger partial charge is 0.305 e. The third-order valence-corrected chi connectivity index (χ3v) is 16.7. The lowest BCUT2D eigenvalue weighted by atomic mass is 9.99. The number of nitrogens with one attached hydrogen (secondary N) is 1. The molecule has 1 aliphatic heterocycles. The Labute approximate surface area is 487 Å². The van der Waals surface area contributed by atoms with Crippen LogP contribution in [0.1, 0.15) is 348 Å². The van der Waals surface area contributed by atoms with Gasteiger partial charge in [-0.1, -0.05) is 315 Å². The predicted molar refractivity (Wildman–Crippen MR) is 329 cm³/mol. The van der Waals surface area contributed by atoms with E-state index in [1.54, 1.807) is 6.08 Å². The van der Waals surface area contributed by atoms with Crippen LogP contribution in [0.3, 0.4) is 0 Å². The second kappa shape index (κ2) is 58.2. The third kappa shape index (κ3) is 47.5. The molecule has 1 heterocycles. The Morgan fingerprint density at radius 1 is 0.456 bits per heavy atom. The number of unbranched alkanes of at least 4 members (excludes halogenated alkanes) is 47. The fourth-order valence-electron chi connectivity index (χ4n) is 11.2. The first-order valence-electron chi connectivity index (χ1n) is 34.5. The third-order valence-electron chi connectivity index (χ3n) is 16.7. The van der Waals surface area contributed by atoms with Crippen molar-refractivity contribution >= 4 is 11.9 Å². The number of aliphatic hydroxyl groups is 5.